The molecule has 2 nitrogen and oxygen atoms in total. The third kappa shape index (κ3) is 3.95. The van der Waals surface area contributed by atoms with Gasteiger partial charge in [-0.3, -0.25) is 0 Å². The highest BCUT2D eigenvalue weighted by atomic mass is 19.4. The number of ether oxygens (including phenoxy) is 1. The lowest BCUT2D eigenvalue weighted by atomic mass is 9.87. The van der Waals surface area contributed by atoms with Crippen molar-refractivity contribution in [3.05, 3.63) is 53.4 Å². The van der Waals surface area contributed by atoms with Crippen LogP contribution < -0.4 is 4.74 Å². The van der Waals surface area contributed by atoms with E-state index in [0.29, 0.717) is 24.0 Å². The summed E-state index contributed by atoms with van der Waals surface area (Å²) in [5.41, 5.74) is -0.224. The van der Waals surface area contributed by atoms with Gasteiger partial charge >= 0.3 is 6.36 Å². The number of alkyl halides is 3. The van der Waals surface area contributed by atoms with Gasteiger partial charge in [-0.05, 0) is 42.9 Å². The molecule has 0 amide bonds. The Morgan fingerprint density at radius 2 is 1.54 bits per heavy atom. The average Bonchev–Trinajstić information content (AvgIpc) is 2.62. The fourth-order valence-corrected chi connectivity index (χ4v) is 3.18. The van der Waals surface area contributed by atoms with Gasteiger partial charge in [0.2, 0.25) is 5.82 Å². The first-order chi connectivity index (χ1) is 13.1. The Morgan fingerprint density at radius 1 is 0.929 bits per heavy atom. The molecule has 0 heterocycles. The smallest absolute Gasteiger partial charge is 0.504 e. The number of halogens is 6. The van der Waals surface area contributed by atoms with E-state index in [1.165, 1.54) is 6.07 Å². The minimum atomic E-state index is -5.17. The molecule has 1 N–H and O–H groups in total. The van der Waals surface area contributed by atoms with E-state index in [0.717, 1.165) is 25.0 Å². The SMILES string of the molecule is CC1CC=C(c2ccc(-c3ccc(OC(F)(F)F)c(F)c3O)c(F)c2F)CC1. The van der Waals surface area contributed by atoms with Crippen molar-refractivity contribution in [3.63, 3.8) is 0 Å². The van der Waals surface area contributed by atoms with Crippen molar-refractivity contribution in [1.82, 2.24) is 0 Å². The van der Waals surface area contributed by atoms with Crippen molar-refractivity contribution in [2.24, 2.45) is 5.92 Å². The largest absolute Gasteiger partial charge is 0.573 e. The number of hydrogen-bond donors (Lipinski definition) is 1. The van der Waals surface area contributed by atoms with Crippen LogP contribution in [0.25, 0.3) is 16.7 Å². The molecule has 0 aliphatic heterocycles. The zero-order valence-corrected chi connectivity index (χ0v) is 14.7. The van der Waals surface area contributed by atoms with Crippen LogP contribution in [-0.4, -0.2) is 11.5 Å². The Labute approximate surface area is 157 Å². The van der Waals surface area contributed by atoms with Gasteiger partial charge in [-0.1, -0.05) is 25.1 Å². The molecule has 0 aromatic heterocycles. The normalized spacial score (nSPS) is 17.4. The van der Waals surface area contributed by atoms with Gasteiger partial charge in [0.25, 0.3) is 0 Å². The number of aromatic hydroxyl groups is 1. The van der Waals surface area contributed by atoms with Crippen LogP contribution in [0, 0.1) is 23.4 Å². The zero-order chi connectivity index (χ0) is 20.6. The standard InChI is InChI=1S/C20H16F6O2/c1-10-2-4-11(5-3-10)12-6-7-13(17(22)16(12)21)14-8-9-15(18(23)19(14)27)28-20(24,25)26/h4,6-10,27H,2-3,5H2,1H3. The summed E-state index contributed by atoms with van der Waals surface area (Å²) in [7, 11) is 0. The molecule has 1 unspecified atom stereocenters. The minimum Gasteiger partial charge on any atom is -0.504 e. The predicted molar refractivity (Wildman–Crippen MR) is 91.1 cm³/mol. The van der Waals surface area contributed by atoms with Crippen LogP contribution in [-0.2, 0) is 0 Å². The van der Waals surface area contributed by atoms with Gasteiger partial charge in [-0.15, -0.1) is 13.2 Å². The lowest BCUT2D eigenvalue weighted by Gasteiger charge is -2.19. The van der Waals surface area contributed by atoms with E-state index >= 15 is 0 Å². The molecule has 2 aromatic rings. The number of allylic oxidation sites excluding steroid dienone is 2. The molecule has 1 aliphatic carbocycles. The Morgan fingerprint density at radius 3 is 2.14 bits per heavy atom. The number of hydrogen-bond acceptors (Lipinski definition) is 2. The van der Waals surface area contributed by atoms with E-state index in [-0.39, 0.29) is 5.56 Å². The molecular weight excluding hydrogens is 386 g/mol. The molecule has 0 saturated carbocycles. The maximum Gasteiger partial charge on any atom is 0.573 e. The number of rotatable bonds is 3. The quantitative estimate of drug-likeness (QED) is 0.588. The summed E-state index contributed by atoms with van der Waals surface area (Å²) in [6.45, 7) is 2.05. The Balaban J connectivity index is 2.01. The van der Waals surface area contributed by atoms with Crippen molar-refractivity contribution >= 4 is 5.57 Å². The van der Waals surface area contributed by atoms with Gasteiger partial charge < -0.3 is 9.84 Å². The molecule has 28 heavy (non-hydrogen) atoms. The summed E-state index contributed by atoms with van der Waals surface area (Å²) in [6, 6.07) is 3.89. The molecule has 0 spiro atoms. The number of benzene rings is 2. The molecule has 0 fully saturated rings. The van der Waals surface area contributed by atoms with Crippen LogP contribution in [0.3, 0.4) is 0 Å². The molecule has 0 radical (unpaired) electrons. The monoisotopic (exact) mass is 402 g/mol. The average molecular weight is 402 g/mol. The number of phenolic OH excluding ortho intramolecular Hbond substituents is 1. The van der Waals surface area contributed by atoms with Crippen LogP contribution in [0.1, 0.15) is 31.7 Å². The van der Waals surface area contributed by atoms with Gasteiger partial charge in [-0.2, -0.15) is 4.39 Å². The van der Waals surface area contributed by atoms with E-state index in [2.05, 4.69) is 11.7 Å². The third-order valence-electron chi connectivity index (χ3n) is 4.70. The second kappa shape index (κ2) is 7.41. The van der Waals surface area contributed by atoms with Crippen molar-refractivity contribution in [1.29, 1.82) is 0 Å². The molecule has 2 aromatic carbocycles. The van der Waals surface area contributed by atoms with E-state index in [9.17, 15) is 31.4 Å². The van der Waals surface area contributed by atoms with Gasteiger partial charge in [0.1, 0.15) is 0 Å². The minimum absolute atomic E-state index is 0.0742. The molecular formula is C20H16F6O2. The molecule has 3 rings (SSSR count). The number of phenols is 1. The Kier molecular flexibility index (Phi) is 5.32. The summed E-state index contributed by atoms with van der Waals surface area (Å²) in [5.74, 6) is -6.29. The van der Waals surface area contributed by atoms with E-state index in [1.54, 1.807) is 0 Å². The maximum absolute atomic E-state index is 14.6. The van der Waals surface area contributed by atoms with Gasteiger partial charge in [0.05, 0.1) is 0 Å². The highest BCUT2D eigenvalue weighted by Gasteiger charge is 2.33. The van der Waals surface area contributed by atoms with E-state index in [4.69, 9.17) is 0 Å². The van der Waals surface area contributed by atoms with Crippen LogP contribution in [0.15, 0.2) is 30.3 Å². The molecule has 0 saturated heterocycles. The summed E-state index contributed by atoms with van der Waals surface area (Å²) in [4.78, 5) is 0. The van der Waals surface area contributed by atoms with Crippen LogP contribution in [0.2, 0.25) is 0 Å². The summed E-state index contributed by atoms with van der Waals surface area (Å²) in [6.07, 6.45) is -1.17. The summed E-state index contributed by atoms with van der Waals surface area (Å²) in [5, 5.41) is 9.87. The van der Waals surface area contributed by atoms with Crippen LogP contribution in [0.4, 0.5) is 26.3 Å². The van der Waals surface area contributed by atoms with Crippen molar-refractivity contribution < 1.29 is 36.2 Å². The predicted octanol–water partition coefficient (Wildman–Crippen LogP) is 6.58. The Hall–Kier alpha value is -2.64. The van der Waals surface area contributed by atoms with Crippen molar-refractivity contribution in [3.8, 4) is 22.6 Å². The van der Waals surface area contributed by atoms with Gasteiger partial charge in [-0.25, -0.2) is 8.78 Å². The summed E-state index contributed by atoms with van der Waals surface area (Å²) >= 11 is 0. The molecule has 1 aliphatic rings. The fourth-order valence-electron chi connectivity index (χ4n) is 3.18. The second-order valence-corrected chi connectivity index (χ2v) is 6.72. The van der Waals surface area contributed by atoms with Crippen LogP contribution >= 0.6 is 0 Å². The molecule has 8 heteroatoms. The third-order valence-corrected chi connectivity index (χ3v) is 4.70. The molecule has 0 bridgehead atoms. The lowest BCUT2D eigenvalue weighted by molar-refractivity contribution is -0.275. The lowest BCUT2D eigenvalue weighted by Crippen LogP contribution is -2.18. The van der Waals surface area contributed by atoms with E-state index in [1.807, 2.05) is 6.08 Å². The second-order valence-electron chi connectivity index (χ2n) is 6.72. The van der Waals surface area contributed by atoms with Crippen LogP contribution in [0.5, 0.6) is 11.5 Å². The topological polar surface area (TPSA) is 29.5 Å². The molecule has 1 atom stereocenters. The van der Waals surface area contributed by atoms with Crippen molar-refractivity contribution in [2.75, 3.05) is 0 Å². The first-order valence-electron chi connectivity index (χ1n) is 8.53. The van der Waals surface area contributed by atoms with E-state index < -0.39 is 46.4 Å². The van der Waals surface area contributed by atoms with Gasteiger partial charge in [0, 0.05) is 16.7 Å². The Bertz CT molecular complexity index is 933. The fraction of sp³-hybridized carbons (Fsp3) is 0.300. The van der Waals surface area contributed by atoms with Gasteiger partial charge in [0.15, 0.2) is 23.1 Å². The zero-order valence-electron chi connectivity index (χ0n) is 14.7. The maximum atomic E-state index is 14.6. The summed E-state index contributed by atoms with van der Waals surface area (Å²) < 4.78 is 83.4. The highest BCUT2D eigenvalue weighted by Crippen LogP contribution is 2.41. The molecule has 150 valence electrons. The first-order valence-corrected chi connectivity index (χ1v) is 8.53. The highest BCUT2D eigenvalue weighted by molar-refractivity contribution is 5.75. The first kappa shape index (κ1) is 20.1. The van der Waals surface area contributed by atoms with Crippen molar-refractivity contribution in [2.45, 2.75) is 32.5 Å².